The molecule has 0 bridgehead atoms. The van der Waals surface area contributed by atoms with Crippen molar-refractivity contribution < 1.29 is 13.2 Å². The summed E-state index contributed by atoms with van der Waals surface area (Å²) in [5.74, 6) is -0.476. The van der Waals surface area contributed by atoms with Crippen molar-refractivity contribution in [3.8, 4) is 0 Å². The highest BCUT2D eigenvalue weighted by molar-refractivity contribution is 7.90. The van der Waals surface area contributed by atoms with Crippen molar-refractivity contribution in [2.24, 2.45) is 0 Å². The van der Waals surface area contributed by atoms with E-state index in [1.807, 2.05) is 0 Å². The Morgan fingerprint density at radius 2 is 2.11 bits per heavy atom. The molecule has 18 heavy (non-hydrogen) atoms. The van der Waals surface area contributed by atoms with Gasteiger partial charge in [-0.25, -0.2) is 13.1 Å². The van der Waals surface area contributed by atoms with Crippen LogP contribution < -0.4 is 10.0 Å². The molecule has 0 aliphatic carbocycles. The number of rotatable bonds is 3. The average molecular weight is 268 g/mol. The Morgan fingerprint density at radius 3 is 2.72 bits per heavy atom. The lowest BCUT2D eigenvalue weighted by molar-refractivity contribution is -0.121. The summed E-state index contributed by atoms with van der Waals surface area (Å²) < 4.78 is 26.2. The Morgan fingerprint density at radius 1 is 1.39 bits per heavy atom. The topological polar surface area (TPSA) is 75.3 Å². The number of amides is 1. The highest BCUT2D eigenvalue weighted by atomic mass is 32.2. The summed E-state index contributed by atoms with van der Waals surface area (Å²) in [6.45, 7) is 2.45. The van der Waals surface area contributed by atoms with Crippen LogP contribution in [0.25, 0.3) is 0 Å². The highest BCUT2D eigenvalue weighted by Gasteiger charge is 2.27. The first kappa shape index (κ1) is 13.0. The Labute approximate surface area is 107 Å². The van der Waals surface area contributed by atoms with Gasteiger partial charge in [0.15, 0.2) is 0 Å². The number of aryl methyl sites for hydroxylation is 1. The molecule has 0 radical (unpaired) electrons. The second kappa shape index (κ2) is 5.07. The van der Waals surface area contributed by atoms with Crippen molar-refractivity contribution in [3.63, 3.8) is 0 Å². The third-order valence-corrected chi connectivity index (χ3v) is 4.50. The summed E-state index contributed by atoms with van der Waals surface area (Å²) in [5, 5.41) is 2.97. The Hall–Kier alpha value is -1.40. The zero-order valence-electron chi connectivity index (χ0n) is 10.1. The smallest absolute Gasteiger partial charge is 0.264 e. The lowest BCUT2D eigenvalue weighted by atomic mass is 10.2. The van der Waals surface area contributed by atoms with Gasteiger partial charge >= 0.3 is 0 Å². The van der Waals surface area contributed by atoms with Crippen LogP contribution in [0.15, 0.2) is 29.2 Å². The van der Waals surface area contributed by atoms with Crippen LogP contribution in [0.2, 0.25) is 0 Å². The fourth-order valence-electron chi connectivity index (χ4n) is 2.02. The number of nitrogens with one attached hydrogen (secondary N) is 2. The summed E-state index contributed by atoms with van der Waals surface area (Å²) in [7, 11) is -3.77. The minimum Gasteiger partial charge on any atom is -0.306 e. The Kier molecular flexibility index (Phi) is 3.68. The summed E-state index contributed by atoms with van der Waals surface area (Å²) in [4.78, 5) is 11.9. The van der Waals surface area contributed by atoms with Crippen LogP contribution in [-0.4, -0.2) is 26.9 Å². The van der Waals surface area contributed by atoms with Crippen molar-refractivity contribution in [2.45, 2.75) is 30.7 Å². The first-order valence-corrected chi connectivity index (χ1v) is 7.35. The van der Waals surface area contributed by atoms with E-state index in [9.17, 15) is 13.2 Å². The largest absolute Gasteiger partial charge is 0.306 e. The molecule has 1 amide bonds. The summed E-state index contributed by atoms with van der Waals surface area (Å²) in [6, 6.07) is 6.19. The molecule has 0 spiro atoms. The van der Waals surface area contributed by atoms with Gasteiger partial charge < -0.3 is 5.32 Å². The Bertz CT molecular complexity index is 548. The van der Waals surface area contributed by atoms with Gasteiger partial charge in [-0.05, 0) is 37.9 Å². The predicted molar refractivity (Wildman–Crippen MR) is 67.5 cm³/mol. The molecule has 98 valence electrons. The fraction of sp³-hybridized carbons (Fsp3) is 0.417. The van der Waals surface area contributed by atoms with Gasteiger partial charge in [-0.15, -0.1) is 0 Å². The number of benzene rings is 1. The third-order valence-electron chi connectivity index (χ3n) is 2.99. The minimum atomic E-state index is -3.77. The van der Waals surface area contributed by atoms with Crippen LogP contribution >= 0.6 is 0 Å². The molecule has 1 atom stereocenters. The molecule has 0 unspecified atom stereocenters. The van der Waals surface area contributed by atoms with Gasteiger partial charge in [-0.2, -0.15) is 0 Å². The molecular formula is C12H16N2O3S. The molecule has 1 aliphatic heterocycles. The van der Waals surface area contributed by atoms with E-state index in [0.717, 1.165) is 13.0 Å². The van der Waals surface area contributed by atoms with Crippen molar-refractivity contribution >= 4 is 15.9 Å². The molecule has 2 rings (SSSR count). The van der Waals surface area contributed by atoms with E-state index in [1.54, 1.807) is 25.1 Å². The van der Waals surface area contributed by atoms with Gasteiger partial charge in [0.25, 0.3) is 15.9 Å². The van der Waals surface area contributed by atoms with E-state index in [2.05, 4.69) is 10.0 Å². The summed E-state index contributed by atoms with van der Waals surface area (Å²) in [6.07, 6.45) is 1.57. The molecule has 1 saturated heterocycles. The van der Waals surface area contributed by atoms with Crippen LogP contribution in [0.1, 0.15) is 18.4 Å². The van der Waals surface area contributed by atoms with Crippen molar-refractivity contribution in [3.05, 3.63) is 29.8 Å². The van der Waals surface area contributed by atoms with Crippen molar-refractivity contribution in [1.82, 2.24) is 10.0 Å². The number of carbonyl (C=O) groups is 1. The van der Waals surface area contributed by atoms with Gasteiger partial charge in [0.05, 0.1) is 10.9 Å². The number of sulfonamides is 1. The van der Waals surface area contributed by atoms with Gasteiger partial charge in [0.2, 0.25) is 0 Å². The highest BCUT2D eigenvalue weighted by Crippen LogP contribution is 2.14. The van der Waals surface area contributed by atoms with Crippen LogP contribution in [0.5, 0.6) is 0 Å². The number of hydrogen-bond acceptors (Lipinski definition) is 4. The molecule has 5 nitrogen and oxygen atoms in total. The van der Waals surface area contributed by atoms with Gasteiger partial charge in [-0.1, -0.05) is 18.2 Å². The molecule has 1 fully saturated rings. The first-order valence-electron chi connectivity index (χ1n) is 5.86. The monoisotopic (exact) mass is 268 g/mol. The molecule has 0 saturated carbocycles. The summed E-state index contributed by atoms with van der Waals surface area (Å²) in [5.41, 5.74) is 0.622. The molecule has 1 aliphatic rings. The zero-order valence-corrected chi connectivity index (χ0v) is 11.0. The molecule has 1 aromatic rings. The maximum absolute atomic E-state index is 12.1. The van der Waals surface area contributed by atoms with Crippen LogP contribution in [0.4, 0.5) is 0 Å². The van der Waals surface area contributed by atoms with E-state index in [0.29, 0.717) is 12.0 Å². The van der Waals surface area contributed by atoms with Gasteiger partial charge in [0, 0.05) is 0 Å². The third kappa shape index (κ3) is 2.70. The molecule has 0 aromatic heterocycles. The van der Waals surface area contributed by atoms with E-state index < -0.39 is 22.0 Å². The normalized spacial score (nSPS) is 19.7. The quantitative estimate of drug-likeness (QED) is 0.839. The molecular weight excluding hydrogens is 252 g/mol. The standard InChI is InChI=1S/C12H16N2O3S/c1-9-5-2-3-7-11(9)18(16,17)14-12(15)10-6-4-8-13-10/h2-3,5,7,10,13H,4,6,8H2,1H3,(H,14,15)/t10-/m0/s1. The van der Waals surface area contributed by atoms with E-state index in [4.69, 9.17) is 0 Å². The van der Waals surface area contributed by atoms with Gasteiger partial charge in [0.1, 0.15) is 0 Å². The second-order valence-corrected chi connectivity index (χ2v) is 6.04. The van der Waals surface area contributed by atoms with E-state index in [1.165, 1.54) is 6.07 Å². The maximum Gasteiger partial charge on any atom is 0.264 e. The number of carbonyl (C=O) groups excluding carboxylic acids is 1. The summed E-state index contributed by atoms with van der Waals surface area (Å²) >= 11 is 0. The van der Waals surface area contributed by atoms with Crippen molar-refractivity contribution in [2.75, 3.05) is 6.54 Å². The van der Waals surface area contributed by atoms with Crippen LogP contribution in [0.3, 0.4) is 0 Å². The minimum absolute atomic E-state index is 0.149. The van der Waals surface area contributed by atoms with Crippen LogP contribution in [0, 0.1) is 6.92 Å². The molecule has 1 aromatic carbocycles. The predicted octanol–water partition coefficient (Wildman–Crippen LogP) is 0.552. The van der Waals surface area contributed by atoms with Gasteiger partial charge in [-0.3, -0.25) is 4.79 Å². The van der Waals surface area contributed by atoms with E-state index >= 15 is 0 Å². The van der Waals surface area contributed by atoms with Crippen LogP contribution in [-0.2, 0) is 14.8 Å². The SMILES string of the molecule is Cc1ccccc1S(=O)(=O)NC(=O)[C@@H]1CCCN1. The first-order chi connectivity index (χ1) is 8.50. The number of hydrogen-bond donors (Lipinski definition) is 2. The molecule has 6 heteroatoms. The zero-order chi connectivity index (χ0) is 13.2. The second-order valence-electron chi connectivity index (χ2n) is 4.38. The lowest BCUT2D eigenvalue weighted by Gasteiger charge is -2.12. The van der Waals surface area contributed by atoms with Crippen molar-refractivity contribution in [1.29, 1.82) is 0 Å². The fourth-order valence-corrected chi connectivity index (χ4v) is 3.29. The molecule has 2 N–H and O–H groups in total. The maximum atomic E-state index is 12.1. The Balaban J connectivity index is 2.17. The molecule has 1 heterocycles. The average Bonchev–Trinajstić information content (AvgIpc) is 2.82. The van der Waals surface area contributed by atoms with E-state index in [-0.39, 0.29) is 4.90 Å². The lowest BCUT2D eigenvalue weighted by Crippen LogP contribution is -2.43.